The van der Waals surface area contributed by atoms with Gasteiger partial charge in [-0.1, -0.05) is 19.3 Å². The van der Waals surface area contributed by atoms with Gasteiger partial charge < -0.3 is 5.32 Å². The van der Waals surface area contributed by atoms with Crippen LogP contribution in [0.4, 0.5) is 0 Å². The first kappa shape index (κ1) is 14.8. The van der Waals surface area contributed by atoms with E-state index in [2.05, 4.69) is 10.0 Å². The molecule has 2 N–H and O–H groups in total. The van der Waals surface area contributed by atoms with Gasteiger partial charge in [0.05, 0.1) is 0 Å². The Morgan fingerprint density at radius 2 is 1.60 bits per heavy atom. The first-order valence-corrected chi connectivity index (χ1v) is 9.50. The van der Waals surface area contributed by atoms with Crippen molar-refractivity contribution in [2.45, 2.75) is 82.0 Å². The Labute approximate surface area is 122 Å². The highest BCUT2D eigenvalue weighted by Gasteiger charge is 2.36. The zero-order valence-electron chi connectivity index (χ0n) is 12.3. The van der Waals surface area contributed by atoms with Gasteiger partial charge in [0.1, 0.15) is 0 Å². The van der Waals surface area contributed by atoms with Gasteiger partial charge in [0.25, 0.3) is 10.2 Å². The Morgan fingerprint density at radius 1 is 1.00 bits per heavy atom. The second-order valence-corrected chi connectivity index (χ2v) is 8.50. The van der Waals surface area contributed by atoms with Crippen molar-refractivity contribution in [1.82, 2.24) is 14.3 Å². The van der Waals surface area contributed by atoms with Crippen LogP contribution in [0, 0.1) is 0 Å². The molecular weight excluding hydrogens is 274 g/mol. The van der Waals surface area contributed by atoms with E-state index in [0.717, 1.165) is 38.5 Å². The molecule has 3 fully saturated rings. The fourth-order valence-electron chi connectivity index (χ4n) is 4.09. The highest BCUT2D eigenvalue weighted by molar-refractivity contribution is 7.87. The number of hydrogen-bond acceptors (Lipinski definition) is 3. The van der Waals surface area contributed by atoms with Gasteiger partial charge in [-0.05, 0) is 38.5 Å². The van der Waals surface area contributed by atoms with Crippen LogP contribution in [0.1, 0.15) is 57.8 Å². The van der Waals surface area contributed by atoms with E-state index in [-0.39, 0.29) is 12.1 Å². The zero-order valence-corrected chi connectivity index (χ0v) is 13.2. The average Bonchev–Trinajstić information content (AvgIpc) is 2.77. The number of nitrogens with zero attached hydrogens (tertiary/aromatic N) is 1. The van der Waals surface area contributed by atoms with Crippen molar-refractivity contribution in [3.8, 4) is 0 Å². The fourth-order valence-corrected chi connectivity index (χ4v) is 5.47. The van der Waals surface area contributed by atoms with E-state index >= 15 is 0 Å². The lowest BCUT2D eigenvalue weighted by Gasteiger charge is -2.34. The SMILES string of the molecule is CN(C1CCCCC1)S(=O)(=O)NC1CC2CCC(C1)N2. The van der Waals surface area contributed by atoms with E-state index in [1.165, 1.54) is 19.3 Å². The van der Waals surface area contributed by atoms with E-state index < -0.39 is 10.2 Å². The van der Waals surface area contributed by atoms with Gasteiger partial charge in [-0.3, -0.25) is 0 Å². The topological polar surface area (TPSA) is 61.4 Å². The van der Waals surface area contributed by atoms with Gasteiger partial charge in [-0.2, -0.15) is 17.4 Å². The van der Waals surface area contributed by atoms with Crippen LogP contribution in [-0.2, 0) is 10.2 Å². The molecule has 1 saturated carbocycles. The van der Waals surface area contributed by atoms with Crippen LogP contribution in [0.15, 0.2) is 0 Å². The highest BCUT2D eigenvalue weighted by atomic mass is 32.2. The normalized spacial score (nSPS) is 35.6. The summed E-state index contributed by atoms with van der Waals surface area (Å²) in [6, 6.07) is 1.34. The van der Waals surface area contributed by atoms with Crippen molar-refractivity contribution in [2.75, 3.05) is 7.05 Å². The van der Waals surface area contributed by atoms with Crippen molar-refractivity contribution in [1.29, 1.82) is 0 Å². The minimum atomic E-state index is -3.32. The molecule has 0 amide bonds. The molecule has 2 bridgehead atoms. The average molecular weight is 301 g/mol. The molecule has 0 aromatic carbocycles. The molecule has 0 aromatic rings. The Balaban J connectivity index is 1.60. The van der Waals surface area contributed by atoms with Gasteiger partial charge in [0, 0.05) is 31.2 Å². The van der Waals surface area contributed by atoms with Crippen LogP contribution in [0.5, 0.6) is 0 Å². The standard InChI is InChI=1S/C14H27N3O2S/c1-17(14-5-3-2-4-6-14)20(18,19)16-13-9-11-7-8-12(10-13)15-11/h11-16H,2-10H2,1H3. The van der Waals surface area contributed by atoms with Gasteiger partial charge >= 0.3 is 0 Å². The summed E-state index contributed by atoms with van der Waals surface area (Å²) < 4.78 is 29.6. The maximum absolute atomic E-state index is 12.5. The Morgan fingerprint density at radius 3 is 2.20 bits per heavy atom. The molecule has 0 aromatic heterocycles. The molecule has 1 aliphatic carbocycles. The van der Waals surface area contributed by atoms with Crippen molar-refractivity contribution in [3.05, 3.63) is 0 Å². The van der Waals surface area contributed by atoms with E-state index in [0.29, 0.717) is 12.1 Å². The zero-order chi connectivity index (χ0) is 14.2. The summed E-state index contributed by atoms with van der Waals surface area (Å²) in [6.45, 7) is 0. The predicted octanol–water partition coefficient (Wildman–Crippen LogP) is 1.37. The lowest BCUT2D eigenvalue weighted by Crippen LogP contribution is -2.52. The molecule has 3 rings (SSSR count). The van der Waals surface area contributed by atoms with Gasteiger partial charge in [0.15, 0.2) is 0 Å². The van der Waals surface area contributed by atoms with E-state index in [9.17, 15) is 8.42 Å². The van der Waals surface area contributed by atoms with Crippen molar-refractivity contribution >= 4 is 10.2 Å². The number of nitrogens with one attached hydrogen (secondary N) is 2. The minimum Gasteiger partial charge on any atom is -0.311 e. The van der Waals surface area contributed by atoms with Crippen LogP contribution in [0.3, 0.4) is 0 Å². The third kappa shape index (κ3) is 3.18. The van der Waals surface area contributed by atoms with Gasteiger partial charge in [0.2, 0.25) is 0 Å². The number of fused-ring (bicyclic) bond motifs is 2. The quantitative estimate of drug-likeness (QED) is 0.824. The number of hydrogen-bond donors (Lipinski definition) is 2. The minimum absolute atomic E-state index is 0.116. The molecular formula is C14H27N3O2S. The van der Waals surface area contributed by atoms with Crippen LogP contribution < -0.4 is 10.0 Å². The second kappa shape index (κ2) is 5.91. The third-order valence-corrected chi connectivity index (χ3v) is 6.94. The molecule has 2 saturated heterocycles. The molecule has 116 valence electrons. The maximum atomic E-state index is 12.5. The third-order valence-electron chi connectivity index (χ3n) is 5.26. The summed E-state index contributed by atoms with van der Waals surface area (Å²) in [4.78, 5) is 0. The Bertz CT molecular complexity index is 422. The van der Waals surface area contributed by atoms with Crippen LogP contribution >= 0.6 is 0 Å². The first-order valence-electron chi connectivity index (χ1n) is 8.06. The van der Waals surface area contributed by atoms with Crippen LogP contribution in [0.25, 0.3) is 0 Å². The molecule has 2 aliphatic heterocycles. The molecule has 20 heavy (non-hydrogen) atoms. The molecule has 3 aliphatic rings. The van der Waals surface area contributed by atoms with Crippen molar-refractivity contribution in [2.24, 2.45) is 0 Å². The summed E-state index contributed by atoms with van der Waals surface area (Å²) in [5, 5.41) is 3.55. The largest absolute Gasteiger partial charge is 0.311 e. The molecule has 0 radical (unpaired) electrons. The van der Waals surface area contributed by atoms with E-state index in [1.807, 2.05) is 0 Å². The lowest BCUT2D eigenvalue weighted by molar-refractivity contribution is 0.275. The molecule has 0 spiro atoms. The lowest BCUT2D eigenvalue weighted by atomic mass is 9.96. The Hall–Kier alpha value is -0.170. The molecule has 5 nitrogen and oxygen atoms in total. The summed E-state index contributed by atoms with van der Waals surface area (Å²) in [6.07, 6.45) is 9.84. The number of piperidine rings is 1. The van der Waals surface area contributed by atoms with Crippen molar-refractivity contribution < 1.29 is 8.42 Å². The second-order valence-electron chi connectivity index (χ2n) is 6.74. The highest BCUT2D eigenvalue weighted by Crippen LogP contribution is 2.28. The number of rotatable bonds is 4. The summed E-state index contributed by atoms with van der Waals surface area (Å²) in [5.41, 5.74) is 0. The van der Waals surface area contributed by atoms with Gasteiger partial charge in [-0.25, -0.2) is 0 Å². The summed E-state index contributed by atoms with van der Waals surface area (Å²) >= 11 is 0. The van der Waals surface area contributed by atoms with Crippen LogP contribution in [-0.4, -0.2) is 43.9 Å². The molecule has 2 unspecified atom stereocenters. The maximum Gasteiger partial charge on any atom is 0.279 e. The predicted molar refractivity (Wildman–Crippen MR) is 79.7 cm³/mol. The van der Waals surface area contributed by atoms with Crippen LogP contribution in [0.2, 0.25) is 0 Å². The van der Waals surface area contributed by atoms with Crippen molar-refractivity contribution in [3.63, 3.8) is 0 Å². The molecule has 2 heterocycles. The van der Waals surface area contributed by atoms with E-state index in [4.69, 9.17) is 0 Å². The first-order chi connectivity index (χ1) is 9.54. The smallest absolute Gasteiger partial charge is 0.279 e. The monoisotopic (exact) mass is 301 g/mol. The molecule has 6 heteroatoms. The van der Waals surface area contributed by atoms with E-state index in [1.54, 1.807) is 11.4 Å². The van der Waals surface area contributed by atoms with Gasteiger partial charge in [-0.15, -0.1) is 0 Å². The summed E-state index contributed by atoms with van der Waals surface area (Å²) in [7, 11) is -1.58. The fraction of sp³-hybridized carbons (Fsp3) is 1.00. The summed E-state index contributed by atoms with van der Waals surface area (Å²) in [5.74, 6) is 0. The molecule has 2 atom stereocenters. The Kier molecular flexibility index (Phi) is 4.36.